The molecule has 0 spiro atoms. The van der Waals surface area contributed by atoms with Gasteiger partial charge in [-0.15, -0.1) is 0 Å². The number of phenolic OH excluding ortho intramolecular Hbond substituents is 1. The lowest BCUT2D eigenvalue weighted by Gasteiger charge is -2.05. The van der Waals surface area contributed by atoms with Crippen LogP contribution >= 0.6 is 0 Å². The number of phenols is 1. The van der Waals surface area contributed by atoms with Gasteiger partial charge in [0, 0.05) is 0 Å². The Bertz CT molecular complexity index is 546. The van der Waals surface area contributed by atoms with E-state index in [4.69, 9.17) is 9.84 Å². The molecule has 4 nitrogen and oxygen atoms in total. The molecular weight excluding hydrogens is 232 g/mol. The topological polar surface area (TPSA) is 66.8 Å². The highest BCUT2D eigenvalue weighted by Crippen LogP contribution is 2.25. The largest absolute Gasteiger partial charge is 0.508 e. The fourth-order valence-corrected chi connectivity index (χ4v) is 1.57. The van der Waals surface area contributed by atoms with Gasteiger partial charge in [-0.05, 0) is 35.4 Å². The summed E-state index contributed by atoms with van der Waals surface area (Å²) in [4.78, 5) is 10.3. The summed E-state index contributed by atoms with van der Waals surface area (Å²) < 4.78 is 5.03. The van der Waals surface area contributed by atoms with E-state index in [9.17, 15) is 9.90 Å². The van der Waals surface area contributed by atoms with Crippen LogP contribution in [-0.4, -0.2) is 22.8 Å². The SMILES string of the molecule is O=C(O)COc1ccc(-c2cccc(O)c2)cc1. The van der Waals surface area contributed by atoms with Crippen LogP contribution in [0.2, 0.25) is 0 Å². The average Bonchev–Trinajstić information content (AvgIpc) is 2.37. The summed E-state index contributed by atoms with van der Waals surface area (Å²) in [6, 6.07) is 13.9. The third-order valence-corrected chi connectivity index (χ3v) is 2.40. The molecule has 0 unspecified atom stereocenters. The lowest BCUT2D eigenvalue weighted by atomic mass is 10.1. The number of rotatable bonds is 4. The summed E-state index contributed by atoms with van der Waals surface area (Å²) in [7, 11) is 0. The Hall–Kier alpha value is -2.49. The van der Waals surface area contributed by atoms with E-state index in [0.717, 1.165) is 11.1 Å². The quantitative estimate of drug-likeness (QED) is 0.867. The Kier molecular flexibility index (Phi) is 3.48. The number of hydrogen-bond donors (Lipinski definition) is 2. The predicted octanol–water partition coefficient (Wildman–Crippen LogP) is 2.52. The molecule has 0 heterocycles. The first-order chi connectivity index (χ1) is 8.65. The molecule has 18 heavy (non-hydrogen) atoms. The van der Waals surface area contributed by atoms with Crippen LogP contribution < -0.4 is 4.74 Å². The summed E-state index contributed by atoms with van der Waals surface area (Å²) in [5.74, 6) is -0.299. The monoisotopic (exact) mass is 244 g/mol. The van der Waals surface area contributed by atoms with Crippen LogP contribution in [-0.2, 0) is 4.79 Å². The number of ether oxygens (including phenoxy) is 1. The number of aliphatic carboxylic acids is 1. The highest BCUT2D eigenvalue weighted by Gasteiger charge is 2.01. The molecule has 4 heteroatoms. The molecular formula is C14H12O4. The lowest BCUT2D eigenvalue weighted by Crippen LogP contribution is -2.09. The zero-order valence-corrected chi connectivity index (χ0v) is 9.54. The van der Waals surface area contributed by atoms with Crippen molar-refractivity contribution in [2.24, 2.45) is 0 Å². The van der Waals surface area contributed by atoms with Crippen molar-refractivity contribution in [1.82, 2.24) is 0 Å². The minimum atomic E-state index is -1.01. The van der Waals surface area contributed by atoms with Crippen LogP contribution in [0.1, 0.15) is 0 Å². The second-order valence-corrected chi connectivity index (χ2v) is 3.76. The number of carboxylic acids is 1. The van der Waals surface area contributed by atoms with Gasteiger partial charge < -0.3 is 14.9 Å². The molecule has 0 fully saturated rings. The van der Waals surface area contributed by atoms with Gasteiger partial charge in [0.05, 0.1) is 0 Å². The van der Waals surface area contributed by atoms with Crippen molar-refractivity contribution in [2.45, 2.75) is 0 Å². The molecule has 2 rings (SSSR count). The minimum Gasteiger partial charge on any atom is -0.508 e. The normalized spacial score (nSPS) is 10.0. The third-order valence-electron chi connectivity index (χ3n) is 2.40. The van der Waals surface area contributed by atoms with Crippen molar-refractivity contribution >= 4 is 5.97 Å². The van der Waals surface area contributed by atoms with E-state index in [0.29, 0.717) is 5.75 Å². The van der Waals surface area contributed by atoms with Crippen molar-refractivity contribution in [2.75, 3.05) is 6.61 Å². The average molecular weight is 244 g/mol. The van der Waals surface area contributed by atoms with E-state index in [1.165, 1.54) is 0 Å². The number of carbonyl (C=O) groups is 1. The van der Waals surface area contributed by atoms with Crippen LogP contribution in [0.4, 0.5) is 0 Å². The third kappa shape index (κ3) is 3.01. The highest BCUT2D eigenvalue weighted by atomic mass is 16.5. The molecule has 0 aliphatic heterocycles. The molecule has 0 atom stereocenters. The van der Waals surface area contributed by atoms with Gasteiger partial charge in [0.1, 0.15) is 11.5 Å². The number of benzene rings is 2. The molecule has 0 aliphatic rings. The standard InChI is InChI=1S/C14H12O4/c15-12-3-1-2-11(8-12)10-4-6-13(7-5-10)18-9-14(16)17/h1-8,15H,9H2,(H,16,17). The van der Waals surface area contributed by atoms with Gasteiger partial charge in [-0.1, -0.05) is 24.3 Å². The van der Waals surface area contributed by atoms with Crippen molar-refractivity contribution in [3.8, 4) is 22.6 Å². The maximum absolute atomic E-state index is 10.3. The van der Waals surface area contributed by atoms with Crippen molar-refractivity contribution in [3.05, 3.63) is 48.5 Å². The van der Waals surface area contributed by atoms with Gasteiger partial charge in [-0.25, -0.2) is 4.79 Å². The first kappa shape index (κ1) is 12.0. The lowest BCUT2D eigenvalue weighted by molar-refractivity contribution is -0.139. The maximum atomic E-state index is 10.3. The van der Waals surface area contributed by atoms with E-state index in [-0.39, 0.29) is 12.4 Å². The second kappa shape index (κ2) is 5.23. The fraction of sp³-hybridized carbons (Fsp3) is 0.0714. The van der Waals surface area contributed by atoms with Crippen molar-refractivity contribution in [3.63, 3.8) is 0 Å². The Morgan fingerprint density at radius 2 is 1.78 bits per heavy atom. The molecule has 0 bridgehead atoms. The predicted molar refractivity (Wildman–Crippen MR) is 66.7 cm³/mol. The molecule has 0 saturated heterocycles. The fourth-order valence-electron chi connectivity index (χ4n) is 1.57. The van der Waals surface area contributed by atoms with Crippen LogP contribution in [0.25, 0.3) is 11.1 Å². The first-order valence-corrected chi connectivity index (χ1v) is 5.39. The summed E-state index contributed by atoms with van der Waals surface area (Å²) in [5, 5.41) is 17.9. The molecule has 2 aromatic carbocycles. The van der Waals surface area contributed by atoms with Crippen molar-refractivity contribution in [1.29, 1.82) is 0 Å². The van der Waals surface area contributed by atoms with Gasteiger partial charge in [0.15, 0.2) is 6.61 Å². The van der Waals surface area contributed by atoms with Crippen LogP contribution in [0.5, 0.6) is 11.5 Å². The molecule has 2 aromatic rings. The minimum absolute atomic E-state index is 0.207. The van der Waals surface area contributed by atoms with Gasteiger partial charge in [0.2, 0.25) is 0 Å². The van der Waals surface area contributed by atoms with E-state index in [1.54, 1.807) is 30.3 Å². The van der Waals surface area contributed by atoms with Gasteiger partial charge in [-0.3, -0.25) is 0 Å². The van der Waals surface area contributed by atoms with Crippen LogP contribution in [0.15, 0.2) is 48.5 Å². The Morgan fingerprint density at radius 1 is 1.06 bits per heavy atom. The molecule has 0 aromatic heterocycles. The van der Waals surface area contributed by atoms with E-state index >= 15 is 0 Å². The first-order valence-electron chi connectivity index (χ1n) is 5.39. The zero-order valence-electron chi connectivity index (χ0n) is 9.54. The molecule has 0 aliphatic carbocycles. The van der Waals surface area contributed by atoms with Gasteiger partial charge in [0.25, 0.3) is 0 Å². The highest BCUT2D eigenvalue weighted by molar-refractivity contribution is 5.69. The molecule has 0 amide bonds. The second-order valence-electron chi connectivity index (χ2n) is 3.76. The molecule has 2 N–H and O–H groups in total. The van der Waals surface area contributed by atoms with E-state index < -0.39 is 5.97 Å². The van der Waals surface area contributed by atoms with E-state index in [2.05, 4.69) is 0 Å². The number of aromatic hydroxyl groups is 1. The zero-order chi connectivity index (χ0) is 13.0. The molecule has 92 valence electrons. The maximum Gasteiger partial charge on any atom is 0.341 e. The molecule has 0 radical (unpaired) electrons. The van der Waals surface area contributed by atoms with Gasteiger partial charge in [-0.2, -0.15) is 0 Å². The Labute approximate surface area is 104 Å². The smallest absolute Gasteiger partial charge is 0.341 e. The Balaban J connectivity index is 2.14. The van der Waals surface area contributed by atoms with Crippen LogP contribution in [0.3, 0.4) is 0 Å². The number of hydrogen-bond acceptors (Lipinski definition) is 3. The van der Waals surface area contributed by atoms with E-state index in [1.807, 2.05) is 18.2 Å². The van der Waals surface area contributed by atoms with Crippen molar-refractivity contribution < 1.29 is 19.7 Å². The van der Waals surface area contributed by atoms with Gasteiger partial charge >= 0.3 is 5.97 Å². The summed E-state index contributed by atoms with van der Waals surface area (Å²) in [6.45, 7) is -0.356. The summed E-state index contributed by atoms with van der Waals surface area (Å²) in [5.41, 5.74) is 1.81. The number of carboxylic acid groups (broad SMARTS) is 1. The molecule has 0 saturated carbocycles. The summed E-state index contributed by atoms with van der Waals surface area (Å²) >= 11 is 0. The van der Waals surface area contributed by atoms with Crippen LogP contribution in [0, 0.1) is 0 Å². The summed E-state index contributed by atoms with van der Waals surface area (Å²) in [6.07, 6.45) is 0. The Morgan fingerprint density at radius 3 is 2.39 bits per heavy atom.